The summed E-state index contributed by atoms with van der Waals surface area (Å²) >= 11 is 16.2. The SMILES string of the molecule is O=C1NC(=O)/C(=C\c2cc(Br)c(-c3nc4cc(Cl)c(Cl)cc4[nH]3)o2)S1. The van der Waals surface area contributed by atoms with Gasteiger partial charge in [-0.05, 0) is 45.9 Å². The van der Waals surface area contributed by atoms with E-state index >= 15 is 0 Å². The lowest BCUT2D eigenvalue weighted by atomic mass is 10.3. The van der Waals surface area contributed by atoms with Gasteiger partial charge in [0.25, 0.3) is 11.1 Å². The van der Waals surface area contributed by atoms with Crippen molar-refractivity contribution in [1.29, 1.82) is 0 Å². The second kappa shape index (κ2) is 6.21. The first-order valence-corrected chi connectivity index (χ1v) is 9.16. The van der Waals surface area contributed by atoms with Gasteiger partial charge in [0.1, 0.15) is 5.76 Å². The molecule has 1 saturated heterocycles. The number of furan rings is 1. The molecule has 3 aromatic rings. The summed E-state index contributed by atoms with van der Waals surface area (Å²) in [5.41, 5.74) is 1.35. The van der Waals surface area contributed by atoms with Crippen molar-refractivity contribution in [3.8, 4) is 11.6 Å². The average Bonchev–Trinajstić information content (AvgIpc) is 3.18. The number of nitrogens with one attached hydrogen (secondary N) is 2. The molecule has 0 bridgehead atoms. The predicted molar refractivity (Wildman–Crippen MR) is 101 cm³/mol. The standard InChI is InChI=1S/C15H6BrCl2N3O3S/c16-6-1-5(2-11-14(22)21-15(23)25-11)24-12(6)13-19-9-3-7(17)8(18)4-10(9)20-13/h1-4H,(H,19,20)(H,21,22,23)/b11-2+. The summed E-state index contributed by atoms with van der Waals surface area (Å²) in [5.74, 6) is 0.886. The lowest BCUT2D eigenvalue weighted by molar-refractivity contribution is -0.115. The summed E-state index contributed by atoms with van der Waals surface area (Å²) in [6.45, 7) is 0. The number of carbonyl (C=O) groups is 2. The van der Waals surface area contributed by atoms with Gasteiger partial charge in [-0.25, -0.2) is 4.98 Å². The first-order chi connectivity index (χ1) is 11.9. The van der Waals surface area contributed by atoms with E-state index in [4.69, 9.17) is 27.6 Å². The molecule has 1 aliphatic rings. The Morgan fingerprint density at radius 3 is 2.68 bits per heavy atom. The minimum absolute atomic E-state index is 0.265. The summed E-state index contributed by atoms with van der Waals surface area (Å²) in [5, 5.41) is 2.61. The third-order valence-electron chi connectivity index (χ3n) is 3.36. The van der Waals surface area contributed by atoms with Gasteiger partial charge in [0.2, 0.25) is 0 Å². The molecule has 10 heteroatoms. The second-order valence-corrected chi connectivity index (χ2v) is 7.73. The number of fused-ring (bicyclic) bond motifs is 1. The van der Waals surface area contributed by atoms with Gasteiger partial charge >= 0.3 is 0 Å². The number of hydrogen-bond donors (Lipinski definition) is 2. The summed E-state index contributed by atoms with van der Waals surface area (Å²) in [6.07, 6.45) is 1.50. The lowest BCUT2D eigenvalue weighted by Gasteiger charge is -1.93. The third kappa shape index (κ3) is 3.10. The van der Waals surface area contributed by atoms with Gasteiger partial charge < -0.3 is 9.40 Å². The van der Waals surface area contributed by atoms with Crippen LogP contribution >= 0.6 is 50.9 Å². The maximum Gasteiger partial charge on any atom is 0.290 e. The predicted octanol–water partition coefficient (Wildman–Crippen LogP) is 5.22. The molecule has 0 radical (unpaired) electrons. The summed E-state index contributed by atoms with van der Waals surface area (Å²) in [7, 11) is 0. The minimum Gasteiger partial charge on any atom is -0.452 e. The van der Waals surface area contributed by atoms with Crippen molar-refractivity contribution in [1.82, 2.24) is 15.3 Å². The van der Waals surface area contributed by atoms with Crippen LogP contribution in [0.25, 0.3) is 28.7 Å². The van der Waals surface area contributed by atoms with Crippen molar-refractivity contribution in [3.63, 3.8) is 0 Å². The van der Waals surface area contributed by atoms with Crippen molar-refractivity contribution in [2.24, 2.45) is 0 Å². The number of aromatic nitrogens is 2. The number of nitrogens with zero attached hydrogens (tertiary/aromatic N) is 1. The van der Waals surface area contributed by atoms with Crippen molar-refractivity contribution in [2.75, 3.05) is 0 Å². The Hall–Kier alpha value is -1.74. The van der Waals surface area contributed by atoms with Crippen LogP contribution in [0.5, 0.6) is 0 Å². The van der Waals surface area contributed by atoms with Gasteiger partial charge in [0.15, 0.2) is 11.6 Å². The molecule has 25 heavy (non-hydrogen) atoms. The molecule has 126 valence electrons. The van der Waals surface area contributed by atoms with Crippen LogP contribution in [0, 0.1) is 0 Å². The van der Waals surface area contributed by atoms with Crippen LogP contribution < -0.4 is 5.32 Å². The monoisotopic (exact) mass is 457 g/mol. The summed E-state index contributed by atoms with van der Waals surface area (Å²) < 4.78 is 6.39. The van der Waals surface area contributed by atoms with Crippen molar-refractivity contribution < 1.29 is 14.0 Å². The van der Waals surface area contributed by atoms with Crippen molar-refractivity contribution >= 4 is 79.1 Å². The van der Waals surface area contributed by atoms with Crippen LogP contribution in [0.4, 0.5) is 4.79 Å². The Morgan fingerprint density at radius 2 is 1.96 bits per heavy atom. The highest BCUT2D eigenvalue weighted by molar-refractivity contribution is 9.10. The molecule has 4 rings (SSSR count). The number of hydrogen-bond acceptors (Lipinski definition) is 5. The molecule has 1 aromatic carbocycles. The van der Waals surface area contributed by atoms with Gasteiger partial charge in [-0.3, -0.25) is 14.9 Å². The number of carbonyl (C=O) groups excluding carboxylic acids is 2. The number of aromatic amines is 1. The first-order valence-electron chi connectivity index (χ1n) is 6.80. The first kappa shape index (κ1) is 16.7. The molecule has 2 amide bonds. The number of thioether (sulfide) groups is 1. The quantitative estimate of drug-likeness (QED) is 0.514. The molecule has 0 atom stereocenters. The fourth-order valence-corrected chi connectivity index (χ4v) is 3.76. The second-order valence-electron chi connectivity index (χ2n) is 5.05. The van der Waals surface area contributed by atoms with Gasteiger partial charge in [0.05, 0.1) is 30.5 Å². The zero-order valence-corrected chi connectivity index (χ0v) is 15.9. The molecule has 0 unspecified atom stereocenters. The third-order valence-corrected chi connectivity index (χ3v) is 5.48. The molecule has 2 N–H and O–H groups in total. The Kier molecular flexibility index (Phi) is 4.15. The van der Waals surface area contributed by atoms with E-state index in [1.807, 2.05) is 0 Å². The minimum atomic E-state index is -0.447. The van der Waals surface area contributed by atoms with E-state index in [9.17, 15) is 9.59 Å². The smallest absolute Gasteiger partial charge is 0.290 e. The number of benzene rings is 1. The molecular weight excluding hydrogens is 453 g/mol. The van der Waals surface area contributed by atoms with E-state index in [0.717, 1.165) is 11.8 Å². The number of halogens is 3. The number of amides is 2. The highest BCUT2D eigenvalue weighted by Gasteiger charge is 2.26. The number of H-pyrrole nitrogens is 1. The topological polar surface area (TPSA) is 88.0 Å². The molecular formula is C15H6BrCl2N3O3S. The molecule has 0 saturated carbocycles. The van der Waals surface area contributed by atoms with E-state index in [1.54, 1.807) is 18.2 Å². The number of rotatable bonds is 2. The van der Waals surface area contributed by atoms with Crippen LogP contribution in [0.2, 0.25) is 10.0 Å². The molecule has 0 aliphatic carbocycles. The Bertz CT molecular complexity index is 1050. The van der Waals surface area contributed by atoms with E-state index in [2.05, 4.69) is 31.2 Å². The van der Waals surface area contributed by atoms with Crippen LogP contribution in [0.3, 0.4) is 0 Å². The van der Waals surface area contributed by atoms with Gasteiger partial charge in [-0.2, -0.15) is 0 Å². The lowest BCUT2D eigenvalue weighted by Crippen LogP contribution is -2.17. The average molecular weight is 459 g/mol. The Morgan fingerprint density at radius 1 is 1.20 bits per heavy atom. The molecule has 3 heterocycles. The van der Waals surface area contributed by atoms with Crippen molar-refractivity contribution in [3.05, 3.63) is 43.4 Å². The number of imidazole rings is 1. The van der Waals surface area contributed by atoms with Gasteiger partial charge in [-0.1, -0.05) is 23.2 Å². The van der Waals surface area contributed by atoms with Crippen LogP contribution in [0.1, 0.15) is 5.76 Å². The normalized spacial score (nSPS) is 16.2. The van der Waals surface area contributed by atoms with E-state index in [1.165, 1.54) is 6.08 Å². The molecule has 1 aliphatic heterocycles. The fraction of sp³-hybridized carbons (Fsp3) is 0. The van der Waals surface area contributed by atoms with Crippen LogP contribution in [0.15, 0.2) is 32.0 Å². The van der Waals surface area contributed by atoms with Gasteiger partial charge in [0, 0.05) is 6.08 Å². The Balaban J connectivity index is 1.74. The fourth-order valence-electron chi connectivity index (χ4n) is 2.28. The van der Waals surface area contributed by atoms with Gasteiger partial charge in [-0.15, -0.1) is 0 Å². The van der Waals surface area contributed by atoms with E-state index < -0.39 is 11.1 Å². The van der Waals surface area contributed by atoms with Crippen molar-refractivity contribution in [2.45, 2.75) is 0 Å². The summed E-state index contributed by atoms with van der Waals surface area (Å²) in [6, 6.07) is 5.02. The highest BCUT2D eigenvalue weighted by Crippen LogP contribution is 2.35. The molecule has 0 spiro atoms. The van der Waals surface area contributed by atoms with E-state index in [0.29, 0.717) is 42.9 Å². The highest BCUT2D eigenvalue weighted by atomic mass is 79.9. The number of imide groups is 1. The zero-order chi connectivity index (χ0) is 17.7. The largest absolute Gasteiger partial charge is 0.452 e. The maximum absolute atomic E-state index is 11.6. The van der Waals surface area contributed by atoms with Crippen LogP contribution in [-0.2, 0) is 4.79 Å². The molecule has 2 aromatic heterocycles. The Labute approximate surface area is 163 Å². The molecule has 6 nitrogen and oxygen atoms in total. The van der Waals surface area contributed by atoms with Crippen LogP contribution in [-0.4, -0.2) is 21.1 Å². The maximum atomic E-state index is 11.6. The molecule has 1 fully saturated rings. The summed E-state index contributed by atoms with van der Waals surface area (Å²) in [4.78, 5) is 30.6. The van der Waals surface area contributed by atoms with E-state index in [-0.39, 0.29) is 4.91 Å². The zero-order valence-electron chi connectivity index (χ0n) is 12.0.